The van der Waals surface area contributed by atoms with Crippen LogP contribution in [0.1, 0.15) is 45.7 Å². The van der Waals surface area contributed by atoms with Crippen LogP contribution in [0.5, 0.6) is 11.5 Å². The summed E-state index contributed by atoms with van der Waals surface area (Å²) in [6.45, 7) is 10.3. The second-order valence-electron chi connectivity index (χ2n) is 8.35. The molecule has 35 heavy (non-hydrogen) atoms. The molecule has 1 aliphatic rings. The minimum Gasteiger partial charge on any atom is -0.490 e. The van der Waals surface area contributed by atoms with Crippen LogP contribution >= 0.6 is 27.7 Å². The highest BCUT2D eigenvalue weighted by atomic mass is 79.9. The zero-order chi connectivity index (χ0) is 25.7. The van der Waals surface area contributed by atoms with Crippen molar-refractivity contribution < 1.29 is 19.2 Å². The molecule has 0 spiro atoms. The van der Waals surface area contributed by atoms with Crippen molar-refractivity contribution in [3.8, 4) is 11.5 Å². The highest BCUT2D eigenvalue weighted by Crippen LogP contribution is 2.39. The molecule has 1 amide bonds. The Bertz CT molecular complexity index is 1180. The summed E-state index contributed by atoms with van der Waals surface area (Å²) in [5, 5.41) is 11.7. The Morgan fingerprint density at radius 1 is 1.17 bits per heavy atom. The highest BCUT2D eigenvalue weighted by molar-refractivity contribution is 9.10. The van der Waals surface area contributed by atoms with Gasteiger partial charge in [0, 0.05) is 28.7 Å². The van der Waals surface area contributed by atoms with E-state index in [1.807, 2.05) is 46.8 Å². The maximum Gasteiger partial charge on any atom is 0.269 e. The van der Waals surface area contributed by atoms with Crippen LogP contribution in [0.2, 0.25) is 0 Å². The fraction of sp³-hybridized carbons (Fsp3) is 0.360. The predicted octanol–water partition coefficient (Wildman–Crippen LogP) is 6.42. The zero-order valence-corrected chi connectivity index (χ0v) is 22.7. The van der Waals surface area contributed by atoms with Crippen molar-refractivity contribution in [3.05, 3.63) is 67.0 Å². The highest BCUT2D eigenvalue weighted by Gasteiger charge is 2.35. The van der Waals surface area contributed by atoms with Crippen molar-refractivity contribution in [2.45, 2.75) is 53.3 Å². The van der Waals surface area contributed by atoms with Crippen molar-refractivity contribution in [1.29, 1.82) is 0 Å². The molecule has 1 fully saturated rings. The zero-order valence-electron chi connectivity index (χ0n) is 20.3. The van der Waals surface area contributed by atoms with Gasteiger partial charge in [-0.15, -0.1) is 0 Å². The summed E-state index contributed by atoms with van der Waals surface area (Å²) in [6, 6.07) is 9.97. The van der Waals surface area contributed by atoms with Crippen molar-refractivity contribution in [2.24, 2.45) is 4.99 Å². The van der Waals surface area contributed by atoms with E-state index in [0.717, 1.165) is 10.0 Å². The SMILES string of the molecule is CCOc1cc(/C=C2/SC(=NC(C)C)N(C(C)C)C2=O)c(Br)cc1OCc1cccc([N+](=O)[O-])c1. The first-order chi connectivity index (χ1) is 16.6. The van der Waals surface area contributed by atoms with E-state index in [0.29, 0.717) is 33.7 Å². The van der Waals surface area contributed by atoms with E-state index < -0.39 is 4.92 Å². The molecule has 0 unspecified atom stereocenters. The first-order valence-corrected chi connectivity index (χ1v) is 12.8. The number of rotatable bonds is 9. The lowest BCUT2D eigenvalue weighted by Crippen LogP contribution is -2.35. The van der Waals surface area contributed by atoms with E-state index >= 15 is 0 Å². The number of hydrogen-bond acceptors (Lipinski definition) is 7. The molecule has 186 valence electrons. The maximum atomic E-state index is 13.1. The number of halogens is 1. The fourth-order valence-corrected chi connectivity index (χ4v) is 5.02. The maximum absolute atomic E-state index is 13.1. The first-order valence-electron chi connectivity index (χ1n) is 11.2. The molecule has 2 aromatic carbocycles. The van der Waals surface area contributed by atoms with E-state index in [1.54, 1.807) is 23.1 Å². The van der Waals surface area contributed by atoms with E-state index in [-0.39, 0.29) is 30.3 Å². The summed E-state index contributed by atoms with van der Waals surface area (Å²) in [6.07, 6.45) is 1.82. The molecule has 0 aromatic heterocycles. The Labute approximate surface area is 217 Å². The Morgan fingerprint density at radius 2 is 1.89 bits per heavy atom. The van der Waals surface area contributed by atoms with Gasteiger partial charge in [-0.05, 0) is 75.7 Å². The van der Waals surface area contributed by atoms with Gasteiger partial charge in [-0.3, -0.25) is 24.8 Å². The Hall–Kier alpha value is -2.85. The molecule has 10 heteroatoms. The van der Waals surface area contributed by atoms with E-state index in [2.05, 4.69) is 20.9 Å². The number of ether oxygens (including phenoxy) is 2. The lowest BCUT2D eigenvalue weighted by atomic mass is 10.1. The van der Waals surface area contributed by atoms with Gasteiger partial charge in [-0.1, -0.05) is 28.1 Å². The van der Waals surface area contributed by atoms with Gasteiger partial charge >= 0.3 is 0 Å². The van der Waals surface area contributed by atoms with Crippen LogP contribution in [0.4, 0.5) is 5.69 Å². The number of benzene rings is 2. The molecule has 0 bridgehead atoms. The molecule has 0 radical (unpaired) electrons. The molecule has 2 aromatic rings. The number of carbonyl (C=O) groups excluding carboxylic acids is 1. The fourth-order valence-electron chi connectivity index (χ4n) is 3.36. The average molecular weight is 562 g/mol. The van der Waals surface area contributed by atoms with Gasteiger partial charge in [0.25, 0.3) is 11.6 Å². The third kappa shape index (κ3) is 6.64. The van der Waals surface area contributed by atoms with Gasteiger partial charge in [0.2, 0.25) is 0 Å². The largest absolute Gasteiger partial charge is 0.490 e. The lowest BCUT2D eigenvalue weighted by molar-refractivity contribution is -0.384. The number of nitro benzene ring substituents is 1. The Kier molecular flexibility index (Phi) is 8.96. The molecule has 0 saturated carbocycles. The molecule has 1 saturated heterocycles. The predicted molar refractivity (Wildman–Crippen MR) is 143 cm³/mol. The van der Waals surface area contributed by atoms with Gasteiger partial charge in [0.15, 0.2) is 16.7 Å². The Balaban J connectivity index is 1.90. The van der Waals surface area contributed by atoms with Crippen molar-refractivity contribution >= 4 is 50.5 Å². The number of nitro groups is 1. The van der Waals surface area contributed by atoms with Gasteiger partial charge in [0.05, 0.1) is 16.4 Å². The third-order valence-electron chi connectivity index (χ3n) is 4.89. The normalized spacial score (nSPS) is 16.1. The minimum atomic E-state index is -0.436. The summed E-state index contributed by atoms with van der Waals surface area (Å²) in [7, 11) is 0. The van der Waals surface area contributed by atoms with Crippen LogP contribution in [0.25, 0.3) is 6.08 Å². The molecule has 3 rings (SSSR count). The second kappa shape index (κ2) is 11.7. The third-order valence-corrected chi connectivity index (χ3v) is 6.57. The number of carbonyl (C=O) groups is 1. The molecule has 8 nitrogen and oxygen atoms in total. The topological polar surface area (TPSA) is 94.3 Å². The molecular weight excluding hydrogens is 534 g/mol. The molecule has 0 N–H and O–H groups in total. The standard InChI is InChI=1S/C25H28BrN3O5S/c1-6-33-21-11-18(12-23-24(30)28(16(4)5)25(35-23)27-15(2)3)20(26)13-22(21)34-14-17-8-7-9-19(10-17)29(31)32/h7-13,15-16H,6,14H2,1-5H3/b23-12+,27-25?. The lowest BCUT2D eigenvalue weighted by Gasteiger charge is -2.20. The van der Waals surface area contributed by atoms with Crippen molar-refractivity contribution in [1.82, 2.24) is 4.90 Å². The number of amidine groups is 1. The van der Waals surface area contributed by atoms with E-state index in [9.17, 15) is 14.9 Å². The smallest absolute Gasteiger partial charge is 0.269 e. The van der Waals surface area contributed by atoms with Crippen LogP contribution in [-0.2, 0) is 11.4 Å². The molecule has 0 atom stereocenters. The summed E-state index contributed by atoms with van der Waals surface area (Å²) in [5.74, 6) is 0.920. The number of amides is 1. The summed E-state index contributed by atoms with van der Waals surface area (Å²) >= 11 is 4.94. The van der Waals surface area contributed by atoms with Crippen LogP contribution in [-0.4, -0.2) is 39.6 Å². The van der Waals surface area contributed by atoms with Gasteiger partial charge in [0.1, 0.15) is 6.61 Å². The van der Waals surface area contributed by atoms with Crippen LogP contribution in [0.15, 0.2) is 50.8 Å². The second-order valence-corrected chi connectivity index (χ2v) is 10.2. The van der Waals surface area contributed by atoms with Gasteiger partial charge in [-0.2, -0.15) is 0 Å². The summed E-state index contributed by atoms with van der Waals surface area (Å²) in [4.78, 5) is 30.6. The monoisotopic (exact) mass is 561 g/mol. The minimum absolute atomic E-state index is 0.00818. The van der Waals surface area contributed by atoms with E-state index in [4.69, 9.17) is 9.47 Å². The molecular formula is C25H28BrN3O5S. The summed E-state index contributed by atoms with van der Waals surface area (Å²) in [5.41, 5.74) is 1.44. The number of nitrogens with zero attached hydrogens (tertiary/aromatic N) is 3. The van der Waals surface area contributed by atoms with Crippen LogP contribution < -0.4 is 9.47 Å². The van der Waals surface area contributed by atoms with Crippen LogP contribution in [0.3, 0.4) is 0 Å². The number of non-ortho nitro benzene ring substituents is 1. The van der Waals surface area contributed by atoms with Gasteiger partial charge in [-0.25, -0.2) is 0 Å². The number of hydrogen-bond donors (Lipinski definition) is 0. The number of aliphatic imine (C=N–C) groups is 1. The molecule has 1 heterocycles. The Morgan fingerprint density at radius 3 is 2.51 bits per heavy atom. The first kappa shape index (κ1) is 26.7. The average Bonchev–Trinajstić information content (AvgIpc) is 3.09. The van der Waals surface area contributed by atoms with Crippen molar-refractivity contribution in [2.75, 3.05) is 6.61 Å². The van der Waals surface area contributed by atoms with Gasteiger partial charge < -0.3 is 9.47 Å². The number of thioether (sulfide) groups is 1. The van der Waals surface area contributed by atoms with E-state index in [1.165, 1.54) is 23.9 Å². The van der Waals surface area contributed by atoms with Crippen molar-refractivity contribution in [3.63, 3.8) is 0 Å². The van der Waals surface area contributed by atoms with Crippen LogP contribution in [0, 0.1) is 10.1 Å². The summed E-state index contributed by atoms with van der Waals surface area (Å²) < 4.78 is 12.5. The molecule has 1 aliphatic heterocycles. The quantitative estimate of drug-likeness (QED) is 0.199. The molecule has 0 aliphatic carbocycles.